The number of carbonyl (C=O) groups excluding carboxylic acids is 1. The fourth-order valence-corrected chi connectivity index (χ4v) is 2.73. The van der Waals surface area contributed by atoms with Gasteiger partial charge >= 0.3 is 0 Å². The van der Waals surface area contributed by atoms with Crippen LogP contribution in [0.15, 0.2) is 0 Å². The normalized spacial score (nSPS) is 20.2. The minimum atomic E-state index is 0.00702. The molecular formula is C13H26N2O2. The summed E-state index contributed by atoms with van der Waals surface area (Å²) < 4.78 is 0. The third-order valence-electron chi connectivity index (χ3n) is 3.90. The van der Waals surface area contributed by atoms with E-state index in [0.717, 1.165) is 25.8 Å². The summed E-state index contributed by atoms with van der Waals surface area (Å²) >= 11 is 0. The second-order valence-corrected chi connectivity index (χ2v) is 5.36. The monoisotopic (exact) mass is 242 g/mol. The van der Waals surface area contributed by atoms with Crippen LogP contribution in [-0.2, 0) is 4.79 Å². The molecule has 1 aliphatic carbocycles. The molecule has 1 atom stereocenters. The maximum atomic E-state index is 11.8. The van der Waals surface area contributed by atoms with Gasteiger partial charge in [0, 0.05) is 25.6 Å². The van der Waals surface area contributed by atoms with Crippen LogP contribution < -0.4 is 10.6 Å². The first-order chi connectivity index (χ1) is 8.13. The van der Waals surface area contributed by atoms with Gasteiger partial charge in [0.25, 0.3) is 0 Å². The molecule has 1 rings (SSSR count). The van der Waals surface area contributed by atoms with Crippen molar-refractivity contribution in [2.45, 2.75) is 39.0 Å². The Hall–Kier alpha value is -0.610. The van der Waals surface area contributed by atoms with Gasteiger partial charge in [0.1, 0.15) is 0 Å². The molecule has 3 N–H and O–H groups in total. The number of aliphatic hydroxyl groups is 1. The van der Waals surface area contributed by atoms with Crippen molar-refractivity contribution in [3.05, 3.63) is 0 Å². The molecule has 1 saturated carbocycles. The molecule has 1 fully saturated rings. The van der Waals surface area contributed by atoms with Crippen molar-refractivity contribution in [3.8, 4) is 0 Å². The van der Waals surface area contributed by atoms with E-state index in [1.165, 1.54) is 12.8 Å². The Bertz CT molecular complexity index is 238. The van der Waals surface area contributed by atoms with E-state index in [4.69, 9.17) is 5.11 Å². The van der Waals surface area contributed by atoms with Gasteiger partial charge in [-0.05, 0) is 31.7 Å². The second kappa shape index (κ2) is 6.97. The minimum absolute atomic E-state index is 0.00702. The fourth-order valence-electron chi connectivity index (χ4n) is 2.73. The minimum Gasteiger partial charge on any atom is -0.396 e. The Kier molecular flexibility index (Phi) is 5.92. The highest BCUT2D eigenvalue weighted by Gasteiger charge is 2.33. The molecule has 4 nitrogen and oxygen atoms in total. The van der Waals surface area contributed by atoms with Crippen LogP contribution in [0.4, 0.5) is 0 Å². The fraction of sp³-hybridized carbons (Fsp3) is 0.923. The average Bonchev–Trinajstić information content (AvgIpc) is 2.76. The molecule has 0 aromatic carbocycles. The molecule has 100 valence electrons. The van der Waals surface area contributed by atoms with Crippen molar-refractivity contribution < 1.29 is 9.90 Å². The highest BCUT2D eigenvalue weighted by molar-refractivity contribution is 5.78. The summed E-state index contributed by atoms with van der Waals surface area (Å²) in [4.78, 5) is 11.8. The number of amides is 1. The van der Waals surface area contributed by atoms with Crippen LogP contribution in [0, 0.1) is 11.3 Å². The van der Waals surface area contributed by atoms with Crippen molar-refractivity contribution in [2.75, 3.05) is 26.7 Å². The molecule has 0 heterocycles. The lowest BCUT2D eigenvalue weighted by Crippen LogP contribution is -2.41. The number of nitrogens with one attached hydrogen (secondary N) is 2. The predicted octanol–water partition coefficient (Wildman–Crippen LogP) is 0.901. The summed E-state index contributed by atoms with van der Waals surface area (Å²) in [5.41, 5.74) is 0.157. The van der Waals surface area contributed by atoms with Gasteiger partial charge in [0.2, 0.25) is 5.91 Å². The molecule has 1 unspecified atom stereocenters. The lowest BCUT2D eigenvalue weighted by Gasteiger charge is -2.29. The van der Waals surface area contributed by atoms with Crippen LogP contribution >= 0.6 is 0 Å². The average molecular weight is 242 g/mol. The molecule has 0 aromatic rings. The van der Waals surface area contributed by atoms with Crippen molar-refractivity contribution in [1.29, 1.82) is 0 Å². The van der Waals surface area contributed by atoms with E-state index in [-0.39, 0.29) is 23.8 Å². The van der Waals surface area contributed by atoms with Gasteiger partial charge < -0.3 is 15.7 Å². The van der Waals surface area contributed by atoms with E-state index in [9.17, 15) is 4.79 Å². The molecule has 17 heavy (non-hydrogen) atoms. The Balaban J connectivity index is 2.39. The zero-order valence-electron chi connectivity index (χ0n) is 11.1. The number of carbonyl (C=O) groups is 1. The summed E-state index contributed by atoms with van der Waals surface area (Å²) in [6.45, 7) is 3.58. The first-order valence-corrected chi connectivity index (χ1v) is 6.67. The Morgan fingerprint density at radius 2 is 2.06 bits per heavy atom. The lowest BCUT2D eigenvalue weighted by molar-refractivity contribution is -0.124. The highest BCUT2D eigenvalue weighted by Crippen LogP contribution is 2.40. The Labute approximate surface area is 104 Å². The van der Waals surface area contributed by atoms with Crippen LogP contribution in [0.5, 0.6) is 0 Å². The SMILES string of the molecule is CNCC(C)C(=O)NCC1(CCO)CCCC1. The summed E-state index contributed by atoms with van der Waals surface area (Å²) in [6.07, 6.45) is 5.53. The molecule has 0 radical (unpaired) electrons. The van der Waals surface area contributed by atoms with Crippen molar-refractivity contribution in [3.63, 3.8) is 0 Å². The van der Waals surface area contributed by atoms with Crippen LogP contribution in [0.1, 0.15) is 39.0 Å². The van der Waals surface area contributed by atoms with Crippen molar-refractivity contribution in [2.24, 2.45) is 11.3 Å². The van der Waals surface area contributed by atoms with Gasteiger partial charge in [-0.2, -0.15) is 0 Å². The summed E-state index contributed by atoms with van der Waals surface area (Å²) in [5.74, 6) is 0.121. The zero-order chi connectivity index (χ0) is 12.7. The van der Waals surface area contributed by atoms with Crippen LogP contribution in [0.25, 0.3) is 0 Å². The third-order valence-corrected chi connectivity index (χ3v) is 3.90. The van der Waals surface area contributed by atoms with E-state index >= 15 is 0 Å². The summed E-state index contributed by atoms with van der Waals surface area (Å²) in [6, 6.07) is 0. The first kappa shape index (κ1) is 14.5. The number of hydrogen-bond donors (Lipinski definition) is 3. The molecule has 0 spiro atoms. The standard InChI is InChI=1S/C13H26N2O2/c1-11(9-14-2)12(17)15-10-13(7-8-16)5-3-4-6-13/h11,14,16H,3-10H2,1-2H3,(H,15,17). The first-order valence-electron chi connectivity index (χ1n) is 6.67. The van der Waals surface area contributed by atoms with Gasteiger partial charge in [-0.15, -0.1) is 0 Å². The molecule has 0 saturated heterocycles. The second-order valence-electron chi connectivity index (χ2n) is 5.36. The number of hydrogen-bond acceptors (Lipinski definition) is 3. The van der Waals surface area contributed by atoms with Crippen LogP contribution in [0.2, 0.25) is 0 Å². The molecule has 0 aliphatic heterocycles. The maximum Gasteiger partial charge on any atom is 0.224 e. The van der Waals surface area contributed by atoms with Crippen LogP contribution in [-0.4, -0.2) is 37.8 Å². The van der Waals surface area contributed by atoms with Gasteiger partial charge in [-0.25, -0.2) is 0 Å². The number of rotatable bonds is 7. The molecular weight excluding hydrogens is 216 g/mol. The van der Waals surface area contributed by atoms with E-state index in [1.807, 2.05) is 14.0 Å². The molecule has 1 amide bonds. The Morgan fingerprint density at radius 3 is 2.59 bits per heavy atom. The predicted molar refractivity (Wildman–Crippen MR) is 68.7 cm³/mol. The largest absolute Gasteiger partial charge is 0.396 e. The molecule has 0 bridgehead atoms. The van der Waals surface area contributed by atoms with Gasteiger partial charge in [0.05, 0.1) is 0 Å². The van der Waals surface area contributed by atoms with Crippen molar-refractivity contribution >= 4 is 5.91 Å². The van der Waals surface area contributed by atoms with Crippen LogP contribution in [0.3, 0.4) is 0 Å². The molecule has 0 aromatic heterocycles. The maximum absolute atomic E-state index is 11.8. The van der Waals surface area contributed by atoms with E-state index in [2.05, 4.69) is 10.6 Å². The highest BCUT2D eigenvalue weighted by atomic mass is 16.3. The smallest absolute Gasteiger partial charge is 0.224 e. The third kappa shape index (κ3) is 4.28. The summed E-state index contributed by atoms with van der Waals surface area (Å²) in [5, 5.41) is 15.2. The zero-order valence-corrected chi connectivity index (χ0v) is 11.1. The summed E-state index contributed by atoms with van der Waals surface area (Å²) in [7, 11) is 1.86. The van der Waals surface area contributed by atoms with Gasteiger partial charge in [-0.1, -0.05) is 19.8 Å². The molecule has 4 heteroatoms. The topological polar surface area (TPSA) is 61.4 Å². The van der Waals surface area contributed by atoms with E-state index in [1.54, 1.807) is 0 Å². The van der Waals surface area contributed by atoms with Gasteiger partial charge in [0.15, 0.2) is 0 Å². The number of aliphatic hydroxyl groups excluding tert-OH is 1. The van der Waals surface area contributed by atoms with E-state index in [0.29, 0.717) is 6.54 Å². The quantitative estimate of drug-likeness (QED) is 0.621. The van der Waals surface area contributed by atoms with Gasteiger partial charge in [-0.3, -0.25) is 4.79 Å². The molecule has 1 aliphatic rings. The van der Waals surface area contributed by atoms with E-state index < -0.39 is 0 Å². The Morgan fingerprint density at radius 1 is 1.41 bits per heavy atom. The lowest BCUT2D eigenvalue weighted by atomic mass is 9.83. The van der Waals surface area contributed by atoms with Crippen molar-refractivity contribution in [1.82, 2.24) is 10.6 Å².